The summed E-state index contributed by atoms with van der Waals surface area (Å²) < 4.78 is 0.593. The van der Waals surface area contributed by atoms with Crippen molar-refractivity contribution in [1.82, 2.24) is 15.0 Å². The summed E-state index contributed by atoms with van der Waals surface area (Å²) in [5.74, 6) is 0. The molecule has 14 heavy (non-hydrogen) atoms. The standard InChI is InChI=1S/C8H8N4OS/c13-7-5-6(9-3-10-7)12-8(14-5)11-4-1-2-4/h3-4H,1-2H2,(H2,9,10,11,12,13). The summed E-state index contributed by atoms with van der Waals surface area (Å²) in [6, 6.07) is 0.551. The minimum absolute atomic E-state index is 0.114. The first-order valence-electron chi connectivity index (χ1n) is 4.44. The van der Waals surface area contributed by atoms with Gasteiger partial charge in [0.15, 0.2) is 10.8 Å². The monoisotopic (exact) mass is 208 g/mol. The molecule has 0 unspecified atom stereocenters. The van der Waals surface area contributed by atoms with Crippen LogP contribution in [0.2, 0.25) is 0 Å². The van der Waals surface area contributed by atoms with Crippen LogP contribution >= 0.6 is 11.3 Å². The molecule has 2 aromatic rings. The Bertz CT molecular complexity index is 527. The van der Waals surface area contributed by atoms with Crippen LogP contribution in [0.5, 0.6) is 0 Å². The summed E-state index contributed by atoms with van der Waals surface area (Å²) in [6.07, 6.45) is 3.77. The first kappa shape index (κ1) is 7.93. The number of aromatic amines is 1. The van der Waals surface area contributed by atoms with E-state index in [2.05, 4.69) is 20.3 Å². The molecule has 0 bridgehead atoms. The molecular formula is C8H8N4OS. The van der Waals surface area contributed by atoms with Gasteiger partial charge in [0.2, 0.25) is 0 Å². The molecule has 3 rings (SSSR count). The zero-order valence-corrected chi connectivity index (χ0v) is 8.10. The quantitative estimate of drug-likeness (QED) is 0.771. The average molecular weight is 208 g/mol. The molecule has 2 aromatic heterocycles. The molecule has 5 nitrogen and oxygen atoms in total. The lowest BCUT2D eigenvalue weighted by molar-refractivity contribution is 1.13. The van der Waals surface area contributed by atoms with Crippen LogP contribution in [-0.4, -0.2) is 21.0 Å². The largest absolute Gasteiger partial charge is 0.359 e. The van der Waals surface area contributed by atoms with E-state index in [1.54, 1.807) is 0 Å². The minimum Gasteiger partial charge on any atom is -0.359 e. The Morgan fingerprint density at radius 3 is 3.14 bits per heavy atom. The molecule has 0 aromatic carbocycles. The number of H-pyrrole nitrogens is 1. The van der Waals surface area contributed by atoms with Crippen molar-refractivity contribution in [3.8, 4) is 0 Å². The number of thiazole rings is 1. The van der Waals surface area contributed by atoms with Gasteiger partial charge in [0.1, 0.15) is 4.70 Å². The van der Waals surface area contributed by atoms with E-state index in [0.29, 0.717) is 16.4 Å². The number of nitrogens with zero attached hydrogens (tertiary/aromatic N) is 2. The van der Waals surface area contributed by atoms with Gasteiger partial charge >= 0.3 is 0 Å². The summed E-state index contributed by atoms with van der Waals surface area (Å²) in [4.78, 5) is 22.1. The smallest absolute Gasteiger partial charge is 0.270 e. The highest BCUT2D eigenvalue weighted by Gasteiger charge is 2.22. The van der Waals surface area contributed by atoms with Crippen molar-refractivity contribution < 1.29 is 0 Å². The van der Waals surface area contributed by atoms with Crippen molar-refractivity contribution in [2.45, 2.75) is 18.9 Å². The molecule has 6 heteroatoms. The normalized spacial score (nSPS) is 16.0. The first-order chi connectivity index (χ1) is 6.83. The summed E-state index contributed by atoms with van der Waals surface area (Å²) in [5, 5.41) is 4.04. The van der Waals surface area contributed by atoms with Crippen molar-refractivity contribution in [3.05, 3.63) is 16.7 Å². The predicted octanol–water partition coefficient (Wildman–Crippen LogP) is 0.954. The van der Waals surface area contributed by atoms with E-state index in [0.717, 1.165) is 5.13 Å². The summed E-state index contributed by atoms with van der Waals surface area (Å²) in [5.41, 5.74) is 0.415. The molecule has 1 saturated carbocycles. The Morgan fingerprint density at radius 2 is 2.43 bits per heavy atom. The average Bonchev–Trinajstić information content (AvgIpc) is 2.84. The number of hydrogen-bond donors (Lipinski definition) is 2. The zero-order valence-electron chi connectivity index (χ0n) is 7.28. The van der Waals surface area contributed by atoms with Gasteiger partial charge in [0, 0.05) is 6.04 Å². The topological polar surface area (TPSA) is 70.7 Å². The predicted molar refractivity (Wildman–Crippen MR) is 54.7 cm³/mol. The Labute approximate surface area is 83.2 Å². The van der Waals surface area contributed by atoms with E-state index >= 15 is 0 Å². The van der Waals surface area contributed by atoms with Gasteiger partial charge in [-0.05, 0) is 12.8 Å². The molecule has 0 aliphatic heterocycles. The molecular weight excluding hydrogens is 200 g/mol. The third-order valence-electron chi connectivity index (χ3n) is 2.10. The van der Waals surface area contributed by atoms with Gasteiger partial charge in [-0.1, -0.05) is 11.3 Å². The highest BCUT2D eigenvalue weighted by atomic mass is 32.1. The van der Waals surface area contributed by atoms with E-state index in [4.69, 9.17) is 0 Å². The van der Waals surface area contributed by atoms with Gasteiger partial charge in [0.25, 0.3) is 5.56 Å². The van der Waals surface area contributed by atoms with Crippen LogP contribution in [0.4, 0.5) is 5.13 Å². The van der Waals surface area contributed by atoms with E-state index in [1.165, 1.54) is 30.5 Å². The lowest BCUT2D eigenvalue weighted by atomic mass is 10.6. The number of nitrogens with one attached hydrogen (secondary N) is 2. The molecule has 1 fully saturated rings. The third-order valence-corrected chi connectivity index (χ3v) is 3.08. The second-order valence-corrected chi connectivity index (χ2v) is 4.32. The van der Waals surface area contributed by atoms with Crippen LogP contribution in [-0.2, 0) is 0 Å². The van der Waals surface area contributed by atoms with Crippen molar-refractivity contribution >= 4 is 26.8 Å². The molecule has 0 spiro atoms. The van der Waals surface area contributed by atoms with Crippen molar-refractivity contribution in [3.63, 3.8) is 0 Å². The van der Waals surface area contributed by atoms with Crippen LogP contribution in [0.3, 0.4) is 0 Å². The Kier molecular flexibility index (Phi) is 1.57. The lowest BCUT2D eigenvalue weighted by Crippen LogP contribution is -2.03. The number of rotatable bonds is 2. The summed E-state index contributed by atoms with van der Waals surface area (Å²) in [6.45, 7) is 0. The summed E-state index contributed by atoms with van der Waals surface area (Å²) in [7, 11) is 0. The minimum atomic E-state index is -0.114. The SMILES string of the molecule is O=c1[nH]cnc2nc(NC3CC3)sc12. The molecule has 0 saturated heterocycles. The Hall–Kier alpha value is -1.43. The van der Waals surface area contributed by atoms with Gasteiger partial charge in [-0.15, -0.1) is 0 Å². The maximum absolute atomic E-state index is 11.3. The second-order valence-electron chi connectivity index (χ2n) is 3.32. The number of hydrogen-bond acceptors (Lipinski definition) is 5. The van der Waals surface area contributed by atoms with E-state index in [9.17, 15) is 4.79 Å². The summed E-state index contributed by atoms with van der Waals surface area (Å²) >= 11 is 1.36. The molecule has 2 N–H and O–H groups in total. The second kappa shape index (κ2) is 2.78. The number of aromatic nitrogens is 3. The van der Waals surface area contributed by atoms with Crippen LogP contribution in [0.15, 0.2) is 11.1 Å². The van der Waals surface area contributed by atoms with Gasteiger partial charge in [-0.25, -0.2) is 4.98 Å². The maximum Gasteiger partial charge on any atom is 0.270 e. The van der Waals surface area contributed by atoms with Gasteiger partial charge in [-0.2, -0.15) is 4.98 Å². The maximum atomic E-state index is 11.3. The molecule has 0 radical (unpaired) electrons. The highest BCUT2D eigenvalue weighted by Crippen LogP contribution is 2.28. The van der Waals surface area contributed by atoms with E-state index in [1.807, 2.05) is 0 Å². The molecule has 2 heterocycles. The first-order valence-corrected chi connectivity index (χ1v) is 5.25. The van der Waals surface area contributed by atoms with E-state index < -0.39 is 0 Å². The van der Waals surface area contributed by atoms with Gasteiger partial charge < -0.3 is 10.3 Å². The number of anilines is 1. The Balaban J connectivity index is 2.09. The van der Waals surface area contributed by atoms with Crippen molar-refractivity contribution in [2.75, 3.05) is 5.32 Å². The van der Waals surface area contributed by atoms with Crippen LogP contribution in [0.1, 0.15) is 12.8 Å². The highest BCUT2D eigenvalue weighted by molar-refractivity contribution is 7.22. The zero-order chi connectivity index (χ0) is 9.54. The van der Waals surface area contributed by atoms with Gasteiger partial charge in [0.05, 0.1) is 6.33 Å². The van der Waals surface area contributed by atoms with Crippen LogP contribution in [0.25, 0.3) is 10.3 Å². The van der Waals surface area contributed by atoms with Gasteiger partial charge in [-0.3, -0.25) is 4.79 Å². The Morgan fingerprint density at radius 1 is 1.57 bits per heavy atom. The van der Waals surface area contributed by atoms with Crippen LogP contribution in [0, 0.1) is 0 Å². The number of fused-ring (bicyclic) bond motifs is 1. The molecule has 1 aliphatic rings. The lowest BCUT2D eigenvalue weighted by Gasteiger charge is -1.94. The van der Waals surface area contributed by atoms with Crippen molar-refractivity contribution in [1.29, 1.82) is 0 Å². The van der Waals surface area contributed by atoms with Crippen molar-refractivity contribution in [2.24, 2.45) is 0 Å². The molecule has 0 atom stereocenters. The fourth-order valence-electron chi connectivity index (χ4n) is 1.23. The van der Waals surface area contributed by atoms with E-state index in [-0.39, 0.29) is 5.56 Å². The molecule has 0 amide bonds. The fourth-order valence-corrected chi connectivity index (χ4v) is 2.12. The fraction of sp³-hybridized carbons (Fsp3) is 0.375. The van der Waals surface area contributed by atoms with Crippen LogP contribution < -0.4 is 10.9 Å². The molecule has 72 valence electrons. The third kappa shape index (κ3) is 1.27. The molecule has 1 aliphatic carbocycles.